The quantitative estimate of drug-likeness (QED) is 0.856. The van der Waals surface area contributed by atoms with Crippen molar-refractivity contribution >= 4 is 17.6 Å². The Kier molecular flexibility index (Phi) is 4.92. The average Bonchev–Trinajstić information content (AvgIpc) is 2.48. The first kappa shape index (κ1) is 14.3. The minimum Gasteiger partial charge on any atom is -0.356 e. The largest absolute Gasteiger partial charge is 0.356 e. The van der Waals surface area contributed by atoms with E-state index >= 15 is 0 Å². The van der Waals surface area contributed by atoms with Crippen LogP contribution in [0.2, 0.25) is 0 Å². The van der Waals surface area contributed by atoms with Crippen LogP contribution in [-0.2, 0) is 9.59 Å². The van der Waals surface area contributed by atoms with E-state index < -0.39 is 0 Å². The van der Waals surface area contributed by atoms with Crippen molar-refractivity contribution in [3.8, 4) is 0 Å². The van der Waals surface area contributed by atoms with E-state index in [1.165, 1.54) is 6.92 Å². The maximum absolute atomic E-state index is 12.0. The van der Waals surface area contributed by atoms with Crippen LogP contribution in [0.1, 0.15) is 13.3 Å². The fourth-order valence-electron chi connectivity index (χ4n) is 2.23. The second-order valence-corrected chi connectivity index (χ2v) is 4.79. The third kappa shape index (κ3) is 3.94. The van der Waals surface area contributed by atoms with Crippen LogP contribution in [0.25, 0.3) is 0 Å². The van der Waals surface area contributed by atoms with Crippen molar-refractivity contribution in [2.24, 2.45) is 0 Å². The summed E-state index contributed by atoms with van der Waals surface area (Å²) in [5.74, 6) is 0.954. The van der Waals surface area contributed by atoms with E-state index in [1.54, 1.807) is 6.20 Å². The number of pyridine rings is 1. The van der Waals surface area contributed by atoms with Crippen LogP contribution < -0.4 is 10.2 Å². The van der Waals surface area contributed by atoms with Crippen LogP contribution in [0.5, 0.6) is 0 Å². The minimum atomic E-state index is -0.0993. The molecule has 1 fully saturated rings. The van der Waals surface area contributed by atoms with Crippen molar-refractivity contribution in [3.05, 3.63) is 24.4 Å². The molecule has 108 valence electrons. The van der Waals surface area contributed by atoms with Gasteiger partial charge < -0.3 is 15.1 Å². The van der Waals surface area contributed by atoms with Gasteiger partial charge in [-0.1, -0.05) is 6.07 Å². The van der Waals surface area contributed by atoms with E-state index in [9.17, 15) is 9.59 Å². The summed E-state index contributed by atoms with van der Waals surface area (Å²) in [5.41, 5.74) is 0. The van der Waals surface area contributed by atoms with Gasteiger partial charge >= 0.3 is 0 Å². The first-order chi connectivity index (χ1) is 9.66. The number of carbonyl (C=O) groups is 2. The molecule has 0 aromatic carbocycles. The van der Waals surface area contributed by atoms with Crippen molar-refractivity contribution in [2.75, 3.05) is 37.6 Å². The average molecular weight is 276 g/mol. The molecule has 0 saturated carbocycles. The molecule has 1 saturated heterocycles. The molecule has 1 N–H and O–H groups in total. The monoisotopic (exact) mass is 276 g/mol. The van der Waals surface area contributed by atoms with E-state index in [4.69, 9.17) is 0 Å². The maximum Gasteiger partial charge on any atom is 0.224 e. The van der Waals surface area contributed by atoms with Crippen molar-refractivity contribution < 1.29 is 9.59 Å². The number of hydrogen-bond acceptors (Lipinski definition) is 4. The molecular formula is C14H20N4O2. The standard InChI is InChI=1S/C14H20N4O2/c1-12(19)15-7-5-14(20)18-10-8-17(9-11-18)13-4-2-3-6-16-13/h2-4,6H,5,7-11H2,1H3,(H,15,19). The molecule has 0 unspecified atom stereocenters. The van der Waals surface area contributed by atoms with Crippen molar-refractivity contribution in [3.63, 3.8) is 0 Å². The normalized spacial score (nSPS) is 15.1. The van der Waals surface area contributed by atoms with Crippen molar-refractivity contribution in [1.29, 1.82) is 0 Å². The van der Waals surface area contributed by atoms with Gasteiger partial charge in [-0.2, -0.15) is 0 Å². The highest BCUT2D eigenvalue weighted by Gasteiger charge is 2.21. The number of piperazine rings is 1. The van der Waals surface area contributed by atoms with E-state index in [0.29, 0.717) is 26.1 Å². The Balaban J connectivity index is 1.76. The number of rotatable bonds is 4. The molecule has 1 aliphatic heterocycles. The predicted octanol–water partition coefficient (Wildman–Crippen LogP) is 0.256. The van der Waals surface area contributed by atoms with Gasteiger partial charge in [0.1, 0.15) is 5.82 Å². The number of aromatic nitrogens is 1. The topological polar surface area (TPSA) is 65.5 Å². The van der Waals surface area contributed by atoms with Crippen LogP contribution in [0.3, 0.4) is 0 Å². The van der Waals surface area contributed by atoms with Gasteiger partial charge in [-0.3, -0.25) is 9.59 Å². The lowest BCUT2D eigenvalue weighted by Gasteiger charge is -2.35. The van der Waals surface area contributed by atoms with Gasteiger partial charge in [-0.25, -0.2) is 4.98 Å². The molecule has 2 amide bonds. The molecule has 1 aromatic rings. The molecule has 0 bridgehead atoms. The Morgan fingerprint density at radius 2 is 2.00 bits per heavy atom. The Labute approximate surface area is 118 Å². The Morgan fingerprint density at radius 3 is 2.60 bits per heavy atom. The highest BCUT2D eigenvalue weighted by Crippen LogP contribution is 2.12. The lowest BCUT2D eigenvalue weighted by Crippen LogP contribution is -2.49. The molecule has 20 heavy (non-hydrogen) atoms. The molecule has 1 aliphatic rings. The number of amides is 2. The lowest BCUT2D eigenvalue weighted by atomic mass is 10.2. The zero-order valence-electron chi connectivity index (χ0n) is 11.7. The van der Waals surface area contributed by atoms with Crippen LogP contribution in [0.4, 0.5) is 5.82 Å². The zero-order chi connectivity index (χ0) is 14.4. The molecule has 6 nitrogen and oxygen atoms in total. The molecule has 0 atom stereocenters. The fourth-order valence-corrected chi connectivity index (χ4v) is 2.23. The lowest BCUT2D eigenvalue weighted by molar-refractivity contribution is -0.131. The van der Waals surface area contributed by atoms with Gasteiger partial charge in [0.2, 0.25) is 11.8 Å². The predicted molar refractivity (Wildman–Crippen MR) is 76.3 cm³/mol. The number of carbonyl (C=O) groups excluding carboxylic acids is 2. The second kappa shape index (κ2) is 6.88. The molecule has 2 heterocycles. The molecule has 2 rings (SSSR count). The van der Waals surface area contributed by atoms with E-state index in [1.807, 2.05) is 23.1 Å². The summed E-state index contributed by atoms with van der Waals surface area (Å²) in [6, 6.07) is 5.84. The number of hydrogen-bond donors (Lipinski definition) is 1. The molecular weight excluding hydrogens is 256 g/mol. The van der Waals surface area contributed by atoms with Gasteiger partial charge in [0, 0.05) is 52.3 Å². The molecule has 6 heteroatoms. The first-order valence-electron chi connectivity index (χ1n) is 6.85. The van der Waals surface area contributed by atoms with Gasteiger partial charge in [0.25, 0.3) is 0 Å². The van der Waals surface area contributed by atoms with Gasteiger partial charge in [-0.15, -0.1) is 0 Å². The highest BCUT2D eigenvalue weighted by molar-refractivity contribution is 5.78. The van der Waals surface area contributed by atoms with Crippen molar-refractivity contribution in [1.82, 2.24) is 15.2 Å². The zero-order valence-corrected chi connectivity index (χ0v) is 11.7. The van der Waals surface area contributed by atoms with Crippen LogP contribution in [0.15, 0.2) is 24.4 Å². The summed E-state index contributed by atoms with van der Waals surface area (Å²) in [7, 11) is 0. The second-order valence-electron chi connectivity index (χ2n) is 4.79. The van der Waals surface area contributed by atoms with Gasteiger partial charge in [-0.05, 0) is 12.1 Å². The minimum absolute atomic E-state index is 0.0967. The summed E-state index contributed by atoms with van der Waals surface area (Å²) >= 11 is 0. The summed E-state index contributed by atoms with van der Waals surface area (Å²) < 4.78 is 0. The Hall–Kier alpha value is -2.11. The molecule has 0 radical (unpaired) electrons. The summed E-state index contributed by atoms with van der Waals surface area (Å²) in [6.07, 6.45) is 2.14. The Morgan fingerprint density at radius 1 is 1.25 bits per heavy atom. The smallest absolute Gasteiger partial charge is 0.224 e. The maximum atomic E-state index is 12.0. The number of nitrogens with zero attached hydrogens (tertiary/aromatic N) is 3. The Bertz CT molecular complexity index is 456. The third-order valence-corrected chi connectivity index (χ3v) is 3.32. The molecule has 1 aromatic heterocycles. The van der Waals surface area contributed by atoms with Crippen molar-refractivity contribution in [2.45, 2.75) is 13.3 Å². The number of anilines is 1. The van der Waals surface area contributed by atoms with Gasteiger partial charge in [0.05, 0.1) is 0 Å². The van der Waals surface area contributed by atoms with Crippen LogP contribution in [-0.4, -0.2) is 54.4 Å². The number of nitrogens with one attached hydrogen (secondary N) is 1. The molecule has 0 aliphatic carbocycles. The summed E-state index contributed by atoms with van der Waals surface area (Å²) in [5, 5.41) is 2.64. The SMILES string of the molecule is CC(=O)NCCC(=O)N1CCN(c2ccccn2)CC1. The van der Waals surface area contributed by atoms with E-state index in [0.717, 1.165) is 18.9 Å². The highest BCUT2D eigenvalue weighted by atomic mass is 16.2. The van der Waals surface area contributed by atoms with Gasteiger partial charge in [0.15, 0.2) is 0 Å². The fraction of sp³-hybridized carbons (Fsp3) is 0.500. The summed E-state index contributed by atoms with van der Waals surface area (Å²) in [6.45, 7) is 4.86. The van der Waals surface area contributed by atoms with E-state index in [2.05, 4.69) is 15.2 Å². The first-order valence-corrected chi connectivity index (χ1v) is 6.85. The van der Waals surface area contributed by atoms with E-state index in [-0.39, 0.29) is 11.8 Å². The summed E-state index contributed by atoms with van der Waals surface area (Å²) in [4.78, 5) is 31.1. The van der Waals surface area contributed by atoms with Crippen LogP contribution >= 0.6 is 0 Å². The third-order valence-electron chi connectivity index (χ3n) is 3.32. The van der Waals surface area contributed by atoms with Crippen LogP contribution in [0, 0.1) is 0 Å². The molecule has 0 spiro atoms.